The van der Waals surface area contributed by atoms with Crippen molar-refractivity contribution < 1.29 is 18.1 Å². The zero-order chi connectivity index (χ0) is 18.1. The lowest BCUT2D eigenvalue weighted by atomic mass is 10.1. The van der Waals surface area contributed by atoms with Crippen molar-refractivity contribution >= 4 is 10.1 Å². The molecule has 0 heterocycles. The first-order valence-electron chi connectivity index (χ1n) is 9.75. The van der Waals surface area contributed by atoms with Crippen molar-refractivity contribution in [2.24, 2.45) is 0 Å². The van der Waals surface area contributed by atoms with E-state index in [1.165, 1.54) is 38.5 Å². The van der Waals surface area contributed by atoms with E-state index in [-0.39, 0.29) is 11.9 Å². The van der Waals surface area contributed by atoms with Crippen LogP contribution in [-0.4, -0.2) is 29.9 Å². The molecule has 0 aromatic carbocycles. The van der Waals surface area contributed by atoms with Crippen LogP contribution in [0.5, 0.6) is 0 Å². The van der Waals surface area contributed by atoms with Gasteiger partial charge in [0.15, 0.2) is 0 Å². The van der Waals surface area contributed by atoms with Crippen LogP contribution < -0.4 is 0 Å². The van der Waals surface area contributed by atoms with Gasteiger partial charge >= 0.3 is 0 Å². The molecule has 2 N–H and O–H groups in total. The summed E-state index contributed by atoms with van der Waals surface area (Å²) in [6.45, 7) is 2.14. The average molecular weight is 363 g/mol. The Bertz CT molecular complexity index is 390. The van der Waals surface area contributed by atoms with Gasteiger partial charge < -0.3 is 5.11 Å². The summed E-state index contributed by atoms with van der Waals surface area (Å²) in [5.41, 5.74) is 0. The SMILES string of the molecule is CCCC[C@@H](O)C=CCCCCCCCCCCCCS(=O)(=O)O. The monoisotopic (exact) mass is 362 g/mol. The van der Waals surface area contributed by atoms with Crippen molar-refractivity contribution in [2.45, 2.75) is 103 Å². The molecule has 0 amide bonds. The minimum absolute atomic E-state index is 0.100. The molecular formula is C19H38O4S. The Morgan fingerprint density at radius 2 is 1.33 bits per heavy atom. The Morgan fingerprint density at radius 3 is 1.83 bits per heavy atom. The van der Waals surface area contributed by atoms with Crippen molar-refractivity contribution in [2.75, 3.05) is 5.75 Å². The first-order chi connectivity index (χ1) is 11.5. The van der Waals surface area contributed by atoms with Crippen LogP contribution in [0.3, 0.4) is 0 Å². The van der Waals surface area contributed by atoms with Gasteiger partial charge in [-0.15, -0.1) is 0 Å². The average Bonchev–Trinajstić information content (AvgIpc) is 2.52. The van der Waals surface area contributed by atoms with E-state index in [0.29, 0.717) is 6.42 Å². The molecule has 0 aliphatic carbocycles. The third kappa shape index (κ3) is 19.7. The summed E-state index contributed by atoms with van der Waals surface area (Å²) in [4.78, 5) is 0. The van der Waals surface area contributed by atoms with Gasteiger partial charge in [-0.05, 0) is 25.7 Å². The molecule has 0 radical (unpaired) electrons. The van der Waals surface area contributed by atoms with Crippen LogP contribution in [0.15, 0.2) is 12.2 Å². The van der Waals surface area contributed by atoms with Crippen LogP contribution in [0.2, 0.25) is 0 Å². The molecule has 0 aliphatic heterocycles. The first-order valence-corrected chi connectivity index (χ1v) is 11.4. The van der Waals surface area contributed by atoms with Gasteiger partial charge in [0, 0.05) is 0 Å². The molecule has 24 heavy (non-hydrogen) atoms. The first kappa shape index (κ1) is 23.6. The molecule has 0 spiro atoms. The van der Waals surface area contributed by atoms with E-state index in [1.54, 1.807) is 0 Å². The van der Waals surface area contributed by atoms with Gasteiger partial charge in [-0.3, -0.25) is 4.55 Å². The lowest BCUT2D eigenvalue weighted by molar-refractivity contribution is 0.209. The van der Waals surface area contributed by atoms with Crippen molar-refractivity contribution in [3.05, 3.63) is 12.2 Å². The number of hydrogen-bond donors (Lipinski definition) is 2. The predicted octanol–water partition coefficient (Wildman–Crippen LogP) is 5.27. The molecule has 0 unspecified atom stereocenters. The summed E-state index contributed by atoms with van der Waals surface area (Å²) >= 11 is 0. The van der Waals surface area contributed by atoms with Crippen molar-refractivity contribution in [1.29, 1.82) is 0 Å². The van der Waals surface area contributed by atoms with Gasteiger partial charge in [-0.2, -0.15) is 8.42 Å². The Balaban J connectivity index is 3.21. The number of unbranched alkanes of at least 4 members (excludes halogenated alkanes) is 11. The fourth-order valence-corrected chi connectivity index (χ4v) is 3.29. The number of rotatable bonds is 17. The molecule has 0 aliphatic rings. The molecule has 0 fully saturated rings. The molecule has 144 valence electrons. The van der Waals surface area contributed by atoms with E-state index in [1.807, 2.05) is 6.08 Å². The van der Waals surface area contributed by atoms with Gasteiger partial charge in [0.1, 0.15) is 0 Å². The number of aliphatic hydroxyl groups is 1. The molecule has 1 atom stereocenters. The quantitative estimate of drug-likeness (QED) is 0.210. The van der Waals surface area contributed by atoms with E-state index < -0.39 is 10.1 Å². The van der Waals surface area contributed by atoms with Crippen molar-refractivity contribution in [3.63, 3.8) is 0 Å². The van der Waals surface area contributed by atoms with Crippen molar-refractivity contribution in [1.82, 2.24) is 0 Å². The highest BCUT2D eigenvalue weighted by atomic mass is 32.2. The molecule has 0 rings (SSSR count). The summed E-state index contributed by atoms with van der Waals surface area (Å²) in [5.74, 6) is -0.100. The van der Waals surface area contributed by atoms with Gasteiger partial charge in [-0.1, -0.05) is 83.3 Å². The lowest BCUT2D eigenvalue weighted by Gasteiger charge is -2.03. The van der Waals surface area contributed by atoms with E-state index in [2.05, 4.69) is 13.0 Å². The zero-order valence-electron chi connectivity index (χ0n) is 15.5. The zero-order valence-corrected chi connectivity index (χ0v) is 16.3. The van der Waals surface area contributed by atoms with Crippen LogP contribution >= 0.6 is 0 Å². The van der Waals surface area contributed by atoms with Crippen LogP contribution in [0, 0.1) is 0 Å². The Kier molecular flexibility index (Phi) is 15.8. The maximum atomic E-state index is 10.5. The van der Waals surface area contributed by atoms with E-state index in [0.717, 1.165) is 44.9 Å². The van der Waals surface area contributed by atoms with E-state index in [9.17, 15) is 13.5 Å². The van der Waals surface area contributed by atoms with Crippen LogP contribution in [0.25, 0.3) is 0 Å². The van der Waals surface area contributed by atoms with E-state index in [4.69, 9.17) is 4.55 Å². The Hall–Kier alpha value is -0.390. The van der Waals surface area contributed by atoms with Gasteiger partial charge in [-0.25, -0.2) is 0 Å². The highest BCUT2D eigenvalue weighted by molar-refractivity contribution is 7.85. The molecule has 0 aromatic heterocycles. The number of aliphatic hydroxyl groups excluding tert-OH is 1. The van der Waals surface area contributed by atoms with Crippen LogP contribution in [0.4, 0.5) is 0 Å². The maximum absolute atomic E-state index is 10.5. The van der Waals surface area contributed by atoms with Gasteiger partial charge in [0.25, 0.3) is 10.1 Å². The van der Waals surface area contributed by atoms with Gasteiger partial charge in [0.2, 0.25) is 0 Å². The second-order valence-electron chi connectivity index (χ2n) is 6.75. The Morgan fingerprint density at radius 1 is 0.833 bits per heavy atom. The third-order valence-corrected chi connectivity index (χ3v) is 5.04. The molecule has 0 saturated heterocycles. The smallest absolute Gasteiger partial charge is 0.264 e. The molecule has 4 nitrogen and oxygen atoms in total. The van der Waals surface area contributed by atoms with E-state index >= 15 is 0 Å². The molecule has 0 aromatic rings. The topological polar surface area (TPSA) is 74.6 Å². The largest absolute Gasteiger partial charge is 0.389 e. The summed E-state index contributed by atoms with van der Waals surface area (Å²) < 4.78 is 29.7. The van der Waals surface area contributed by atoms with Gasteiger partial charge in [0.05, 0.1) is 11.9 Å². The lowest BCUT2D eigenvalue weighted by Crippen LogP contribution is -2.03. The number of allylic oxidation sites excluding steroid dienone is 1. The standard InChI is InChI=1S/C19H38O4S/c1-2-3-16-19(20)17-14-12-10-8-6-4-5-7-9-11-13-15-18-24(21,22)23/h14,17,19-20H,2-13,15-16,18H2,1H3,(H,21,22,23)/t19-/m1/s1. The Labute approximate surface area is 149 Å². The maximum Gasteiger partial charge on any atom is 0.264 e. The number of hydrogen-bond acceptors (Lipinski definition) is 3. The summed E-state index contributed by atoms with van der Waals surface area (Å²) in [6, 6.07) is 0. The third-order valence-electron chi connectivity index (χ3n) is 4.23. The molecule has 5 heteroatoms. The highest BCUT2D eigenvalue weighted by Crippen LogP contribution is 2.12. The summed E-state index contributed by atoms with van der Waals surface area (Å²) in [7, 11) is -3.77. The summed E-state index contributed by atoms with van der Waals surface area (Å²) in [5, 5.41) is 9.67. The normalized spacial score (nSPS) is 13.6. The fraction of sp³-hybridized carbons (Fsp3) is 0.895. The second-order valence-corrected chi connectivity index (χ2v) is 8.32. The molecule has 0 saturated carbocycles. The van der Waals surface area contributed by atoms with Crippen LogP contribution in [0.1, 0.15) is 96.8 Å². The minimum atomic E-state index is -3.77. The van der Waals surface area contributed by atoms with Crippen LogP contribution in [-0.2, 0) is 10.1 Å². The minimum Gasteiger partial charge on any atom is -0.389 e. The summed E-state index contributed by atoms with van der Waals surface area (Å²) in [6.07, 6.45) is 19.1. The molecular weight excluding hydrogens is 324 g/mol. The second kappa shape index (κ2) is 16.1. The predicted molar refractivity (Wildman–Crippen MR) is 102 cm³/mol. The highest BCUT2D eigenvalue weighted by Gasteiger charge is 2.02. The fourth-order valence-electron chi connectivity index (χ4n) is 2.72. The van der Waals surface area contributed by atoms with Crippen molar-refractivity contribution in [3.8, 4) is 0 Å². The molecule has 0 bridgehead atoms.